The van der Waals surface area contributed by atoms with Crippen LogP contribution in [0.5, 0.6) is 0 Å². The highest BCUT2D eigenvalue weighted by Crippen LogP contribution is 2.04. The molecular formula is C12H24N2. The molecule has 0 rings (SSSR count). The molecule has 0 spiro atoms. The minimum atomic E-state index is 0.669. The van der Waals surface area contributed by atoms with Crippen molar-refractivity contribution in [3.63, 3.8) is 0 Å². The van der Waals surface area contributed by atoms with E-state index in [1.807, 2.05) is 0 Å². The van der Waals surface area contributed by atoms with Crippen LogP contribution in [0.3, 0.4) is 0 Å². The second-order valence-corrected chi connectivity index (χ2v) is 3.76. The second kappa shape index (κ2) is 10.5. The Morgan fingerprint density at radius 2 is 1.71 bits per heavy atom. The quantitative estimate of drug-likeness (QED) is 0.529. The van der Waals surface area contributed by atoms with Gasteiger partial charge >= 0.3 is 0 Å². The molecule has 0 aromatic rings. The first-order valence-electron chi connectivity index (χ1n) is 5.94. The summed E-state index contributed by atoms with van der Waals surface area (Å²) in [7, 11) is 0. The van der Waals surface area contributed by atoms with Gasteiger partial charge in [0.25, 0.3) is 0 Å². The zero-order valence-electron chi connectivity index (χ0n) is 9.76. The van der Waals surface area contributed by atoms with Gasteiger partial charge in [0.15, 0.2) is 0 Å². The molecule has 0 radical (unpaired) electrons. The maximum atomic E-state index is 8.48. The first kappa shape index (κ1) is 13.4. The zero-order chi connectivity index (χ0) is 10.6. The van der Waals surface area contributed by atoms with E-state index in [9.17, 15) is 0 Å². The van der Waals surface area contributed by atoms with E-state index in [1.165, 1.54) is 38.6 Å². The Morgan fingerprint density at radius 3 is 2.29 bits per heavy atom. The Balaban J connectivity index is 3.29. The average molecular weight is 196 g/mol. The molecule has 0 aromatic carbocycles. The molecule has 0 saturated heterocycles. The van der Waals surface area contributed by atoms with Gasteiger partial charge in [-0.25, -0.2) is 0 Å². The van der Waals surface area contributed by atoms with Gasteiger partial charge in [0.2, 0.25) is 0 Å². The van der Waals surface area contributed by atoms with E-state index < -0.39 is 0 Å². The van der Waals surface area contributed by atoms with Crippen molar-refractivity contribution in [1.29, 1.82) is 5.26 Å². The Kier molecular flexibility index (Phi) is 10.1. The standard InChI is InChI=1S/C12H24N2/c1-3-5-6-7-8-11-14(4-2)12-9-10-13/h3-9,11-12H2,1-2H3. The van der Waals surface area contributed by atoms with Crippen LogP contribution in [-0.4, -0.2) is 24.5 Å². The number of hydrogen-bond acceptors (Lipinski definition) is 2. The van der Waals surface area contributed by atoms with Gasteiger partial charge in [0.05, 0.1) is 6.07 Å². The van der Waals surface area contributed by atoms with Crippen molar-refractivity contribution in [3.05, 3.63) is 0 Å². The van der Waals surface area contributed by atoms with Crippen molar-refractivity contribution in [3.8, 4) is 6.07 Å². The van der Waals surface area contributed by atoms with Crippen LogP contribution in [0.2, 0.25) is 0 Å². The lowest BCUT2D eigenvalue weighted by atomic mass is 10.1. The molecule has 82 valence electrons. The summed E-state index contributed by atoms with van der Waals surface area (Å²) in [5.41, 5.74) is 0. The number of unbranched alkanes of at least 4 members (excludes halogenated alkanes) is 4. The van der Waals surface area contributed by atoms with Crippen LogP contribution in [0.15, 0.2) is 0 Å². The maximum absolute atomic E-state index is 8.48. The van der Waals surface area contributed by atoms with Gasteiger partial charge in [-0.15, -0.1) is 0 Å². The summed E-state index contributed by atoms with van der Waals surface area (Å²) in [6.07, 6.45) is 7.35. The molecule has 0 atom stereocenters. The first-order valence-corrected chi connectivity index (χ1v) is 5.94. The zero-order valence-corrected chi connectivity index (χ0v) is 9.76. The van der Waals surface area contributed by atoms with Crippen LogP contribution in [0.4, 0.5) is 0 Å². The summed E-state index contributed by atoms with van der Waals surface area (Å²) in [6, 6.07) is 2.20. The molecule has 0 N–H and O–H groups in total. The molecule has 0 fully saturated rings. The van der Waals surface area contributed by atoms with Crippen molar-refractivity contribution < 1.29 is 0 Å². The monoisotopic (exact) mass is 196 g/mol. The average Bonchev–Trinajstić information content (AvgIpc) is 2.22. The fraction of sp³-hybridized carbons (Fsp3) is 0.917. The van der Waals surface area contributed by atoms with Crippen LogP contribution in [0, 0.1) is 11.3 Å². The maximum Gasteiger partial charge on any atom is 0.0635 e. The smallest absolute Gasteiger partial charge is 0.0635 e. The predicted molar refractivity (Wildman–Crippen MR) is 61.1 cm³/mol. The highest BCUT2D eigenvalue weighted by molar-refractivity contribution is 4.71. The van der Waals surface area contributed by atoms with E-state index in [1.54, 1.807) is 0 Å². The highest BCUT2D eigenvalue weighted by atomic mass is 15.1. The number of rotatable bonds is 9. The Hall–Kier alpha value is -0.550. The summed E-state index contributed by atoms with van der Waals surface area (Å²) in [5.74, 6) is 0. The van der Waals surface area contributed by atoms with E-state index in [0.717, 1.165) is 13.1 Å². The topological polar surface area (TPSA) is 27.0 Å². The summed E-state index contributed by atoms with van der Waals surface area (Å²) in [6.45, 7) is 7.60. The molecule has 0 saturated carbocycles. The minimum absolute atomic E-state index is 0.669. The van der Waals surface area contributed by atoms with E-state index in [4.69, 9.17) is 5.26 Å². The molecule has 2 heteroatoms. The second-order valence-electron chi connectivity index (χ2n) is 3.76. The summed E-state index contributed by atoms with van der Waals surface area (Å²) < 4.78 is 0. The van der Waals surface area contributed by atoms with Crippen LogP contribution < -0.4 is 0 Å². The largest absolute Gasteiger partial charge is 0.303 e. The van der Waals surface area contributed by atoms with Gasteiger partial charge in [-0.2, -0.15) is 5.26 Å². The molecule has 0 heterocycles. The first-order chi connectivity index (χ1) is 6.85. The lowest BCUT2D eigenvalue weighted by Gasteiger charge is -2.18. The van der Waals surface area contributed by atoms with E-state index >= 15 is 0 Å². The molecule has 0 aliphatic heterocycles. The third-order valence-electron chi connectivity index (χ3n) is 2.56. The normalized spacial score (nSPS) is 10.4. The third-order valence-corrected chi connectivity index (χ3v) is 2.56. The van der Waals surface area contributed by atoms with Crippen molar-refractivity contribution >= 4 is 0 Å². The molecular weight excluding hydrogens is 172 g/mol. The van der Waals surface area contributed by atoms with Crippen molar-refractivity contribution in [1.82, 2.24) is 4.90 Å². The van der Waals surface area contributed by atoms with E-state index in [0.29, 0.717) is 6.42 Å². The number of nitrogens with zero attached hydrogens (tertiary/aromatic N) is 2. The van der Waals surface area contributed by atoms with Gasteiger partial charge in [0, 0.05) is 13.0 Å². The van der Waals surface area contributed by atoms with Crippen LogP contribution >= 0.6 is 0 Å². The molecule has 0 amide bonds. The van der Waals surface area contributed by atoms with Crippen molar-refractivity contribution in [2.24, 2.45) is 0 Å². The molecule has 0 aliphatic rings. The lowest BCUT2D eigenvalue weighted by molar-refractivity contribution is 0.287. The van der Waals surface area contributed by atoms with Crippen molar-refractivity contribution in [2.75, 3.05) is 19.6 Å². The summed E-state index contributed by atoms with van der Waals surface area (Å²) >= 11 is 0. The third kappa shape index (κ3) is 8.07. The minimum Gasteiger partial charge on any atom is -0.303 e. The van der Waals surface area contributed by atoms with E-state index in [-0.39, 0.29) is 0 Å². The highest BCUT2D eigenvalue weighted by Gasteiger charge is 2.00. The van der Waals surface area contributed by atoms with Crippen LogP contribution in [0.25, 0.3) is 0 Å². The SMILES string of the molecule is CCCCCCCN(CC)CCC#N. The summed E-state index contributed by atoms with van der Waals surface area (Å²) in [5, 5.41) is 8.48. The van der Waals surface area contributed by atoms with Gasteiger partial charge in [-0.05, 0) is 19.5 Å². The van der Waals surface area contributed by atoms with Crippen LogP contribution in [0.1, 0.15) is 52.4 Å². The molecule has 2 nitrogen and oxygen atoms in total. The Bertz CT molecular complexity index is 149. The molecule has 0 unspecified atom stereocenters. The molecule has 0 bridgehead atoms. The van der Waals surface area contributed by atoms with E-state index in [2.05, 4.69) is 24.8 Å². The van der Waals surface area contributed by atoms with Gasteiger partial charge in [-0.3, -0.25) is 0 Å². The van der Waals surface area contributed by atoms with Gasteiger partial charge in [0.1, 0.15) is 0 Å². The molecule has 0 aliphatic carbocycles. The number of hydrogen-bond donors (Lipinski definition) is 0. The molecule has 0 aromatic heterocycles. The number of nitriles is 1. The predicted octanol–water partition coefficient (Wildman–Crippen LogP) is 3.19. The lowest BCUT2D eigenvalue weighted by Crippen LogP contribution is -2.25. The Labute approximate surface area is 88.9 Å². The van der Waals surface area contributed by atoms with Gasteiger partial charge < -0.3 is 4.90 Å². The fourth-order valence-electron chi connectivity index (χ4n) is 1.58. The van der Waals surface area contributed by atoms with Crippen molar-refractivity contribution in [2.45, 2.75) is 52.4 Å². The Morgan fingerprint density at radius 1 is 1.00 bits per heavy atom. The fourth-order valence-corrected chi connectivity index (χ4v) is 1.58. The van der Waals surface area contributed by atoms with Gasteiger partial charge in [-0.1, -0.05) is 39.5 Å². The summed E-state index contributed by atoms with van der Waals surface area (Å²) in [4.78, 5) is 2.37. The van der Waals surface area contributed by atoms with Crippen LogP contribution in [-0.2, 0) is 0 Å². The molecule has 14 heavy (non-hydrogen) atoms.